The van der Waals surface area contributed by atoms with Crippen molar-refractivity contribution in [1.82, 2.24) is 24.6 Å². The van der Waals surface area contributed by atoms with Crippen LogP contribution in [-0.4, -0.2) is 61.9 Å². The number of aromatic nitrogens is 4. The number of carbonyl (C=O) groups is 1. The van der Waals surface area contributed by atoms with Gasteiger partial charge in [0.1, 0.15) is 17.3 Å². The van der Waals surface area contributed by atoms with E-state index < -0.39 is 5.97 Å². The molecule has 8 nitrogen and oxygen atoms in total. The van der Waals surface area contributed by atoms with Crippen molar-refractivity contribution in [3.8, 4) is 0 Å². The Morgan fingerprint density at radius 2 is 2.04 bits per heavy atom. The molecular weight excluding hydrogens is 344 g/mol. The molecule has 0 spiro atoms. The second kappa shape index (κ2) is 7.64. The van der Waals surface area contributed by atoms with Crippen molar-refractivity contribution in [1.29, 1.82) is 0 Å². The smallest absolute Gasteiger partial charge is 0.354 e. The van der Waals surface area contributed by atoms with Gasteiger partial charge in [-0.15, -0.1) is 10.2 Å². The molecule has 1 atom stereocenters. The van der Waals surface area contributed by atoms with Crippen LogP contribution in [0.5, 0.6) is 0 Å². The molecule has 2 saturated heterocycles. The molecule has 0 saturated carbocycles. The highest BCUT2D eigenvalue weighted by molar-refractivity contribution is 5.86. The van der Waals surface area contributed by atoms with E-state index in [-0.39, 0.29) is 5.69 Å². The summed E-state index contributed by atoms with van der Waals surface area (Å²) in [4.78, 5) is 19.8. The Labute approximate surface area is 158 Å². The molecule has 0 bridgehead atoms. The van der Waals surface area contributed by atoms with Crippen molar-refractivity contribution in [2.75, 3.05) is 31.1 Å². The maximum absolute atomic E-state index is 11.2. The van der Waals surface area contributed by atoms with Gasteiger partial charge >= 0.3 is 5.97 Å². The van der Waals surface area contributed by atoms with Crippen molar-refractivity contribution in [3.05, 3.63) is 35.7 Å². The molecule has 0 aromatic carbocycles. The maximum Gasteiger partial charge on any atom is 0.354 e. The highest BCUT2D eigenvalue weighted by Crippen LogP contribution is 2.29. The van der Waals surface area contributed by atoms with Crippen LogP contribution in [0.3, 0.4) is 0 Å². The van der Waals surface area contributed by atoms with Crippen molar-refractivity contribution in [3.63, 3.8) is 0 Å². The molecule has 144 valence electrons. The second-order valence-electron chi connectivity index (χ2n) is 7.51. The van der Waals surface area contributed by atoms with Gasteiger partial charge in [-0.05, 0) is 50.9 Å². The first-order valence-electron chi connectivity index (χ1n) is 9.66. The summed E-state index contributed by atoms with van der Waals surface area (Å²) in [6.45, 7) is 4.89. The Kier molecular flexibility index (Phi) is 5.07. The molecule has 2 aromatic heterocycles. The lowest BCUT2D eigenvalue weighted by Gasteiger charge is -2.34. The molecule has 0 aliphatic carbocycles. The minimum absolute atomic E-state index is 0.0844. The monoisotopic (exact) mass is 370 g/mol. The number of hydrogen-bond acceptors (Lipinski definition) is 6. The van der Waals surface area contributed by atoms with E-state index in [2.05, 4.69) is 36.6 Å². The van der Waals surface area contributed by atoms with Gasteiger partial charge < -0.3 is 14.6 Å². The number of piperidine rings is 1. The molecule has 4 rings (SSSR count). The number of likely N-dealkylation sites (tertiary alicyclic amines) is 1. The highest BCUT2D eigenvalue weighted by Gasteiger charge is 2.27. The zero-order chi connectivity index (χ0) is 18.8. The Balaban J connectivity index is 1.49. The first kappa shape index (κ1) is 17.9. The average Bonchev–Trinajstić information content (AvgIpc) is 3.33. The zero-order valence-corrected chi connectivity index (χ0v) is 15.7. The van der Waals surface area contributed by atoms with Crippen molar-refractivity contribution in [2.24, 2.45) is 7.05 Å². The molecule has 0 amide bonds. The van der Waals surface area contributed by atoms with Crippen LogP contribution in [0.2, 0.25) is 0 Å². The number of hydrogen-bond donors (Lipinski definition) is 1. The molecule has 2 aliphatic heterocycles. The minimum Gasteiger partial charge on any atom is -0.477 e. The molecule has 27 heavy (non-hydrogen) atoms. The van der Waals surface area contributed by atoms with Gasteiger partial charge in [0.05, 0.1) is 6.54 Å². The quantitative estimate of drug-likeness (QED) is 0.860. The van der Waals surface area contributed by atoms with Gasteiger partial charge in [0.2, 0.25) is 0 Å². The molecular formula is C19H26N6O2. The van der Waals surface area contributed by atoms with Crippen molar-refractivity contribution >= 4 is 11.7 Å². The average molecular weight is 370 g/mol. The first-order chi connectivity index (χ1) is 13.1. The summed E-state index contributed by atoms with van der Waals surface area (Å²) in [5.41, 5.74) is 0.993. The van der Waals surface area contributed by atoms with Crippen LogP contribution in [0.1, 0.15) is 53.7 Å². The van der Waals surface area contributed by atoms with Crippen LogP contribution in [0.15, 0.2) is 18.3 Å². The van der Waals surface area contributed by atoms with Gasteiger partial charge in [0.25, 0.3) is 0 Å². The number of rotatable bonds is 5. The Bertz CT molecular complexity index is 814. The SMILES string of the molecule is Cn1c(CN2CCCC2)nnc1[C@@H]1CCCN(c2ccnc(C(=O)O)c2)C1. The van der Waals surface area contributed by atoms with Gasteiger partial charge in [-0.2, -0.15) is 0 Å². The van der Waals surface area contributed by atoms with Crippen molar-refractivity contribution < 1.29 is 9.90 Å². The van der Waals surface area contributed by atoms with Gasteiger partial charge in [0, 0.05) is 37.9 Å². The minimum atomic E-state index is -0.995. The van der Waals surface area contributed by atoms with E-state index in [0.29, 0.717) is 5.92 Å². The molecule has 0 unspecified atom stereocenters. The molecule has 0 radical (unpaired) electrons. The second-order valence-corrected chi connectivity index (χ2v) is 7.51. The Morgan fingerprint density at radius 3 is 2.81 bits per heavy atom. The summed E-state index contributed by atoms with van der Waals surface area (Å²) in [6.07, 6.45) is 6.23. The molecule has 2 aliphatic rings. The number of pyridine rings is 1. The molecule has 1 N–H and O–H groups in total. The fourth-order valence-corrected chi connectivity index (χ4v) is 4.16. The predicted molar refractivity (Wildman–Crippen MR) is 101 cm³/mol. The maximum atomic E-state index is 11.2. The van der Waals surface area contributed by atoms with E-state index in [1.165, 1.54) is 12.8 Å². The normalized spacial score (nSPS) is 20.9. The highest BCUT2D eigenvalue weighted by atomic mass is 16.4. The van der Waals surface area contributed by atoms with Gasteiger partial charge in [-0.3, -0.25) is 4.90 Å². The van der Waals surface area contributed by atoms with E-state index in [0.717, 1.165) is 62.9 Å². The number of carboxylic acid groups (broad SMARTS) is 1. The predicted octanol–water partition coefficient (Wildman–Crippen LogP) is 1.89. The summed E-state index contributed by atoms with van der Waals surface area (Å²) in [5, 5.41) is 18.2. The van der Waals surface area contributed by atoms with Crippen LogP contribution < -0.4 is 4.90 Å². The van der Waals surface area contributed by atoms with E-state index in [4.69, 9.17) is 0 Å². The topological polar surface area (TPSA) is 87.4 Å². The largest absolute Gasteiger partial charge is 0.477 e. The molecule has 2 fully saturated rings. The lowest BCUT2D eigenvalue weighted by atomic mass is 9.96. The number of aromatic carboxylic acids is 1. The Morgan fingerprint density at radius 1 is 1.22 bits per heavy atom. The number of nitrogens with zero attached hydrogens (tertiary/aromatic N) is 6. The van der Waals surface area contributed by atoms with E-state index >= 15 is 0 Å². The summed E-state index contributed by atoms with van der Waals surface area (Å²) >= 11 is 0. The fraction of sp³-hybridized carbons (Fsp3) is 0.579. The van der Waals surface area contributed by atoms with E-state index in [1.807, 2.05) is 6.07 Å². The summed E-state index contributed by atoms with van der Waals surface area (Å²) in [6, 6.07) is 3.53. The summed E-state index contributed by atoms with van der Waals surface area (Å²) in [5.74, 6) is 1.36. The van der Waals surface area contributed by atoms with E-state index in [9.17, 15) is 9.90 Å². The van der Waals surface area contributed by atoms with Crippen LogP contribution in [0.4, 0.5) is 5.69 Å². The number of anilines is 1. The first-order valence-corrected chi connectivity index (χ1v) is 9.66. The molecule has 2 aromatic rings. The summed E-state index contributed by atoms with van der Waals surface area (Å²) in [7, 11) is 2.06. The third kappa shape index (κ3) is 3.80. The summed E-state index contributed by atoms with van der Waals surface area (Å²) < 4.78 is 2.15. The van der Waals surface area contributed by atoms with Crippen LogP contribution in [0, 0.1) is 0 Å². The Hall–Kier alpha value is -2.48. The van der Waals surface area contributed by atoms with Gasteiger partial charge in [0.15, 0.2) is 0 Å². The van der Waals surface area contributed by atoms with Crippen molar-refractivity contribution in [2.45, 2.75) is 38.1 Å². The standard InChI is InChI=1S/C19H26N6O2/c1-23-17(13-24-8-2-3-9-24)21-22-18(23)14-5-4-10-25(12-14)15-6-7-20-16(11-15)19(26)27/h6-7,11,14H,2-5,8-10,12-13H2,1H3,(H,26,27)/t14-/m1/s1. The third-order valence-electron chi connectivity index (χ3n) is 5.68. The van der Waals surface area contributed by atoms with Crippen LogP contribution in [0.25, 0.3) is 0 Å². The van der Waals surface area contributed by atoms with E-state index in [1.54, 1.807) is 12.3 Å². The van der Waals surface area contributed by atoms with Gasteiger partial charge in [-0.1, -0.05) is 0 Å². The lowest BCUT2D eigenvalue weighted by molar-refractivity contribution is 0.0690. The fourth-order valence-electron chi connectivity index (χ4n) is 4.16. The number of carboxylic acids is 1. The van der Waals surface area contributed by atoms with Crippen LogP contribution >= 0.6 is 0 Å². The zero-order valence-electron chi connectivity index (χ0n) is 15.7. The molecule has 8 heteroatoms. The van der Waals surface area contributed by atoms with Gasteiger partial charge in [-0.25, -0.2) is 9.78 Å². The lowest BCUT2D eigenvalue weighted by Crippen LogP contribution is -2.35. The molecule has 4 heterocycles. The van der Waals surface area contributed by atoms with Crippen LogP contribution in [-0.2, 0) is 13.6 Å². The third-order valence-corrected chi connectivity index (χ3v) is 5.68.